The molecule has 3 aromatic rings. The van der Waals surface area contributed by atoms with Gasteiger partial charge in [-0.25, -0.2) is 0 Å². The summed E-state index contributed by atoms with van der Waals surface area (Å²) in [5.74, 6) is -1.11. The average Bonchev–Trinajstić information content (AvgIpc) is 3.32. The van der Waals surface area contributed by atoms with Gasteiger partial charge in [0, 0.05) is 48.0 Å². The first-order chi connectivity index (χ1) is 14.5. The molecule has 0 spiro atoms. The number of fused-ring (bicyclic) bond motifs is 1. The van der Waals surface area contributed by atoms with Gasteiger partial charge in [-0.15, -0.1) is 0 Å². The molecule has 1 aliphatic rings. The van der Waals surface area contributed by atoms with Gasteiger partial charge in [0.2, 0.25) is 5.78 Å². The smallest absolute Gasteiger partial charge is 0.295 e. The summed E-state index contributed by atoms with van der Waals surface area (Å²) in [5.41, 5.74) is 4.90. The molecule has 0 fully saturated rings. The fourth-order valence-electron chi connectivity index (χ4n) is 3.65. The van der Waals surface area contributed by atoms with Crippen LogP contribution in [0.3, 0.4) is 0 Å². The van der Waals surface area contributed by atoms with Crippen molar-refractivity contribution in [1.29, 1.82) is 0 Å². The largest absolute Gasteiger partial charge is 0.348 e. The molecule has 0 saturated carbocycles. The van der Waals surface area contributed by atoms with E-state index in [9.17, 15) is 14.4 Å². The number of aryl methyl sites for hydroxylation is 1. The van der Waals surface area contributed by atoms with Gasteiger partial charge in [0.25, 0.3) is 11.8 Å². The molecule has 1 aromatic carbocycles. The highest BCUT2D eigenvalue weighted by atomic mass is 32.1. The summed E-state index contributed by atoms with van der Waals surface area (Å²) < 4.78 is 0. The second-order valence-electron chi connectivity index (χ2n) is 7.19. The molecule has 0 unspecified atom stereocenters. The van der Waals surface area contributed by atoms with Crippen molar-refractivity contribution < 1.29 is 14.4 Å². The molecule has 1 aliphatic heterocycles. The quantitative estimate of drug-likeness (QED) is 0.509. The monoisotopic (exact) mass is 419 g/mol. The molecule has 152 valence electrons. The predicted octanol–water partition coefficient (Wildman–Crippen LogP) is 3.15. The average molecular weight is 420 g/mol. The number of hydrogen-bond donors (Lipinski definition) is 1. The molecular weight excluding hydrogens is 398 g/mol. The van der Waals surface area contributed by atoms with Crippen LogP contribution in [-0.2, 0) is 24.3 Å². The lowest BCUT2D eigenvalue weighted by Gasteiger charge is -2.30. The lowest BCUT2D eigenvalue weighted by Crippen LogP contribution is -2.40. The van der Waals surface area contributed by atoms with Gasteiger partial charge in [0.05, 0.1) is 0 Å². The standard InChI is InChI=1S/C23H21N3O3S/c1-15-20(12-25-22(28)17-8-10-30-14-17)19-7-9-26(13-18(19)11-24-15)23(29)21(27)16-5-3-2-4-6-16/h2-6,8,10-11,14H,7,9,12-13H2,1H3,(H,25,28). The maximum Gasteiger partial charge on any atom is 0.295 e. The van der Waals surface area contributed by atoms with Crippen LogP contribution in [0.15, 0.2) is 53.4 Å². The number of nitrogens with zero attached hydrogens (tertiary/aromatic N) is 2. The molecule has 0 radical (unpaired) electrons. The number of pyridine rings is 1. The van der Waals surface area contributed by atoms with E-state index in [2.05, 4.69) is 10.3 Å². The van der Waals surface area contributed by atoms with Crippen LogP contribution in [0.2, 0.25) is 0 Å². The van der Waals surface area contributed by atoms with Crippen molar-refractivity contribution in [3.05, 3.63) is 86.9 Å². The summed E-state index contributed by atoms with van der Waals surface area (Å²) in [6.45, 7) is 3.10. The lowest BCUT2D eigenvalue weighted by molar-refractivity contribution is -0.127. The van der Waals surface area contributed by atoms with E-state index in [1.807, 2.05) is 23.8 Å². The Kier molecular flexibility index (Phi) is 5.72. The van der Waals surface area contributed by atoms with Crippen LogP contribution >= 0.6 is 11.3 Å². The number of nitrogens with one attached hydrogen (secondary N) is 1. The van der Waals surface area contributed by atoms with Gasteiger partial charge in [-0.1, -0.05) is 30.3 Å². The highest BCUT2D eigenvalue weighted by Gasteiger charge is 2.28. The van der Waals surface area contributed by atoms with Crippen molar-refractivity contribution in [3.63, 3.8) is 0 Å². The lowest BCUT2D eigenvalue weighted by atomic mass is 9.94. The first-order valence-corrected chi connectivity index (χ1v) is 10.6. The maximum absolute atomic E-state index is 12.7. The molecule has 3 heterocycles. The number of hydrogen-bond acceptors (Lipinski definition) is 5. The normalized spacial score (nSPS) is 12.9. The zero-order valence-corrected chi connectivity index (χ0v) is 17.4. The molecular formula is C23H21N3O3S. The Morgan fingerprint density at radius 1 is 1.13 bits per heavy atom. The highest BCUT2D eigenvalue weighted by Crippen LogP contribution is 2.24. The molecule has 0 saturated heterocycles. The third-order valence-electron chi connectivity index (χ3n) is 5.32. The SMILES string of the molecule is Cc1ncc2c(c1CNC(=O)c1ccsc1)CCN(C(=O)C(=O)c1ccccc1)C2. The molecule has 1 N–H and O–H groups in total. The van der Waals surface area contributed by atoms with Crippen LogP contribution in [0.5, 0.6) is 0 Å². The molecule has 2 amide bonds. The minimum atomic E-state index is -0.500. The van der Waals surface area contributed by atoms with Crippen molar-refractivity contribution in [2.24, 2.45) is 0 Å². The number of Topliss-reactive ketones (excluding diaryl/α,β-unsaturated/α-hetero) is 1. The molecule has 30 heavy (non-hydrogen) atoms. The first-order valence-electron chi connectivity index (χ1n) is 9.70. The number of ketones is 1. The number of amides is 2. The van der Waals surface area contributed by atoms with Crippen molar-refractivity contribution in [2.45, 2.75) is 26.4 Å². The summed E-state index contributed by atoms with van der Waals surface area (Å²) in [7, 11) is 0. The Balaban J connectivity index is 1.49. The number of carbonyl (C=O) groups excluding carboxylic acids is 3. The third-order valence-corrected chi connectivity index (χ3v) is 6.01. The Hall–Kier alpha value is -3.32. The van der Waals surface area contributed by atoms with Gasteiger partial charge in [-0.3, -0.25) is 19.4 Å². The van der Waals surface area contributed by atoms with E-state index in [1.54, 1.807) is 41.4 Å². The van der Waals surface area contributed by atoms with Crippen molar-refractivity contribution in [3.8, 4) is 0 Å². The second kappa shape index (κ2) is 8.59. The fraction of sp³-hybridized carbons (Fsp3) is 0.217. The molecule has 2 aromatic heterocycles. The van der Waals surface area contributed by atoms with Crippen LogP contribution in [0.4, 0.5) is 0 Å². The zero-order valence-electron chi connectivity index (χ0n) is 16.6. The summed E-state index contributed by atoms with van der Waals surface area (Å²) in [6.07, 6.45) is 2.39. The van der Waals surface area contributed by atoms with Crippen LogP contribution in [0.25, 0.3) is 0 Å². The molecule has 7 heteroatoms. The number of benzene rings is 1. The van der Waals surface area contributed by atoms with Gasteiger partial charge in [-0.2, -0.15) is 11.3 Å². The van der Waals surface area contributed by atoms with Gasteiger partial charge in [-0.05, 0) is 41.5 Å². The van der Waals surface area contributed by atoms with E-state index in [-0.39, 0.29) is 5.91 Å². The molecule has 0 bridgehead atoms. The molecule has 6 nitrogen and oxygen atoms in total. The van der Waals surface area contributed by atoms with Gasteiger partial charge in [0.1, 0.15) is 0 Å². The minimum absolute atomic E-state index is 0.116. The predicted molar refractivity (Wildman–Crippen MR) is 114 cm³/mol. The summed E-state index contributed by atoms with van der Waals surface area (Å²) in [5, 5.41) is 6.64. The maximum atomic E-state index is 12.7. The van der Waals surface area contributed by atoms with Crippen molar-refractivity contribution in [1.82, 2.24) is 15.2 Å². The molecule has 0 atom stereocenters. The molecule has 4 rings (SSSR count). The van der Waals surface area contributed by atoms with Crippen LogP contribution in [-0.4, -0.2) is 34.0 Å². The Morgan fingerprint density at radius 2 is 1.93 bits per heavy atom. The number of thiophene rings is 1. The van der Waals surface area contributed by atoms with E-state index < -0.39 is 11.7 Å². The Bertz CT molecular complexity index is 1090. The van der Waals surface area contributed by atoms with Crippen LogP contribution < -0.4 is 5.32 Å². The minimum Gasteiger partial charge on any atom is -0.348 e. The topological polar surface area (TPSA) is 79.4 Å². The zero-order chi connectivity index (χ0) is 21.1. The number of aromatic nitrogens is 1. The van der Waals surface area contributed by atoms with Gasteiger partial charge >= 0.3 is 0 Å². The van der Waals surface area contributed by atoms with E-state index in [4.69, 9.17) is 0 Å². The van der Waals surface area contributed by atoms with Gasteiger partial charge in [0.15, 0.2) is 0 Å². The first kappa shape index (κ1) is 20.0. The Labute approximate surface area is 178 Å². The van der Waals surface area contributed by atoms with E-state index >= 15 is 0 Å². The summed E-state index contributed by atoms with van der Waals surface area (Å²) in [4.78, 5) is 43.5. The second-order valence-corrected chi connectivity index (χ2v) is 7.97. The van der Waals surface area contributed by atoms with Gasteiger partial charge < -0.3 is 10.2 Å². The number of carbonyl (C=O) groups is 3. The molecule has 0 aliphatic carbocycles. The fourth-order valence-corrected chi connectivity index (χ4v) is 4.29. The van der Waals surface area contributed by atoms with E-state index in [1.165, 1.54) is 11.3 Å². The highest BCUT2D eigenvalue weighted by molar-refractivity contribution is 7.08. The van der Waals surface area contributed by atoms with E-state index in [0.717, 1.165) is 22.4 Å². The summed E-state index contributed by atoms with van der Waals surface area (Å²) in [6, 6.07) is 10.4. The third kappa shape index (κ3) is 4.02. The van der Waals surface area contributed by atoms with Crippen molar-refractivity contribution >= 4 is 28.9 Å². The van der Waals surface area contributed by atoms with Crippen molar-refractivity contribution in [2.75, 3.05) is 6.54 Å². The van der Waals surface area contributed by atoms with Crippen LogP contribution in [0, 0.1) is 6.92 Å². The summed E-state index contributed by atoms with van der Waals surface area (Å²) >= 11 is 1.48. The van der Waals surface area contributed by atoms with E-state index in [0.29, 0.717) is 37.2 Å². The van der Waals surface area contributed by atoms with Crippen LogP contribution in [0.1, 0.15) is 43.1 Å². The Morgan fingerprint density at radius 3 is 2.67 bits per heavy atom. The number of rotatable bonds is 5.